The number of halogens is 3. The maximum absolute atomic E-state index is 12.6. The molecule has 0 aliphatic heterocycles. The van der Waals surface area contributed by atoms with E-state index in [0.717, 1.165) is 4.47 Å². The first-order valence-electron chi connectivity index (χ1n) is 7.00. The van der Waals surface area contributed by atoms with Crippen LogP contribution in [0.25, 0.3) is 5.82 Å². The summed E-state index contributed by atoms with van der Waals surface area (Å²) in [7, 11) is 1.45. The molecule has 2 aromatic heterocycles. The van der Waals surface area contributed by atoms with Crippen LogP contribution in [0.3, 0.4) is 0 Å². The Hall–Kier alpha value is -2.09. The molecule has 3 rings (SSSR count). The molecule has 0 unspecified atom stereocenters. The van der Waals surface area contributed by atoms with Gasteiger partial charge in [-0.2, -0.15) is 9.78 Å². The monoisotopic (exact) mass is 440 g/mol. The van der Waals surface area contributed by atoms with Gasteiger partial charge in [-0.05, 0) is 34.1 Å². The molecule has 1 aromatic carbocycles. The van der Waals surface area contributed by atoms with Crippen molar-refractivity contribution in [1.29, 1.82) is 0 Å². The van der Waals surface area contributed by atoms with Crippen molar-refractivity contribution in [2.45, 2.75) is 0 Å². The number of carbonyl (C=O) groups is 1. The predicted octanol–water partition coefficient (Wildman–Crippen LogP) is 4.60. The largest absolute Gasteiger partial charge is 0.496 e. The highest BCUT2D eigenvalue weighted by atomic mass is 79.9. The second-order valence-electron chi connectivity index (χ2n) is 4.88. The molecular weight excluding hydrogens is 431 g/mol. The Morgan fingerprint density at radius 3 is 2.68 bits per heavy atom. The molecule has 1 amide bonds. The molecule has 0 saturated heterocycles. The van der Waals surface area contributed by atoms with E-state index in [0.29, 0.717) is 22.4 Å². The van der Waals surface area contributed by atoms with Crippen LogP contribution in [-0.2, 0) is 0 Å². The lowest BCUT2D eigenvalue weighted by Crippen LogP contribution is -2.16. The van der Waals surface area contributed by atoms with E-state index >= 15 is 0 Å². The predicted molar refractivity (Wildman–Crippen MR) is 100 cm³/mol. The fourth-order valence-corrected chi connectivity index (χ4v) is 2.68. The Labute approximate surface area is 161 Å². The van der Waals surface area contributed by atoms with Gasteiger partial charge in [0.25, 0.3) is 5.91 Å². The molecule has 3 aromatic rings. The third-order valence-electron chi connectivity index (χ3n) is 3.30. The summed E-state index contributed by atoms with van der Waals surface area (Å²) in [6, 6.07) is 8.21. The first-order chi connectivity index (χ1) is 12.0. The summed E-state index contributed by atoms with van der Waals surface area (Å²) in [5.41, 5.74) is 0.258. The number of carbonyl (C=O) groups excluding carboxylic acids is 1. The van der Waals surface area contributed by atoms with E-state index in [4.69, 9.17) is 27.9 Å². The summed E-state index contributed by atoms with van der Waals surface area (Å²) in [6.45, 7) is 0. The van der Waals surface area contributed by atoms with Crippen molar-refractivity contribution in [2.24, 2.45) is 0 Å². The average molecular weight is 442 g/mol. The van der Waals surface area contributed by atoms with Crippen LogP contribution in [0.5, 0.6) is 5.75 Å². The summed E-state index contributed by atoms with van der Waals surface area (Å²) in [5, 5.41) is 7.52. The SMILES string of the molecule is COc1cc(Cl)c(Cl)cc1C(=O)Nc1ccnn1-c1ccc(Br)cn1. The highest BCUT2D eigenvalue weighted by Crippen LogP contribution is 2.31. The molecule has 128 valence electrons. The third-order valence-corrected chi connectivity index (χ3v) is 4.49. The van der Waals surface area contributed by atoms with Gasteiger partial charge in [0.1, 0.15) is 11.6 Å². The van der Waals surface area contributed by atoms with Crippen LogP contribution in [0.4, 0.5) is 5.82 Å². The van der Waals surface area contributed by atoms with Gasteiger partial charge in [0.15, 0.2) is 5.82 Å². The first-order valence-corrected chi connectivity index (χ1v) is 8.55. The van der Waals surface area contributed by atoms with E-state index in [1.54, 1.807) is 24.5 Å². The van der Waals surface area contributed by atoms with Crippen LogP contribution in [0.15, 0.2) is 47.2 Å². The molecule has 0 aliphatic rings. The summed E-state index contributed by atoms with van der Waals surface area (Å²) in [4.78, 5) is 16.9. The van der Waals surface area contributed by atoms with Crippen LogP contribution >= 0.6 is 39.1 Å². The maximum Gasteiger partial charge on any atom is 0.260 e. The standard InChI is InChI=1S/C16H11BrCl2N4O2/c1-25-13-7-12(19)11(18)6-10(13)16(24)22-15-4-5-21-23(15)14-3-2-9(17)8-20-14/h2-8H,1H3,(H,22,24). The zero-order chi connectivity index (χ0) is 18.0. The van der Waals surface area contributed by atoms with E-state index < -0.39 is 5.91 Å². The molecule has 2 heterocycles. The normalized spacial score (nSPS) is 10.6. The minimum atomic E-state index is -0.408. The summed E-state index contributed by atoms with van der Waals surface area (Å²) in [5.74, 6) is 0.923. The number of ether oxygens (including phenoxy) is 1. The van der Waals surface area contributed by atoms with E-state index in [9.17, 15) is 4.79 Å². The molecule has 0 aliphatic carbocycles. The molecule has 25 heavy (non-hydrogen) atoms. The van der Waals surface area contributed by atoms with Crippen LogP contribution in [0.2, 0.25) is 10.0 Å². The highest BCUT2D eigenvalue weighted by Gasteiger charge is 2.17. The van der Waals surface area contributed by atoms with Crippen LogP contribution in [0.1, 0.15) is 10.4 Å². The van der Waals surface area contributed by atoms with Crippen molar-refractivity contribution in [3.05, 3.63) is 62.8 Å². The Bertz CT molecular complexity index is 928. The number of amides is 1. The number of anilines is 1. The van der Waals surface area contributed by atoms with E-state index in [2.05, 4.69) is 31.3 Å². The van der Waals surface area contributed by atoms with Gasteiger partial charge in [-0.3, -0.25) is 4.79 Å². The van der Waals surface area contributed by atoms with Crippen LogP contribution < -0.4 is 10.1 Å². The van der Waals surface area contributed by atoms with Crippen LogP contribution in [-0.4, -0.2) is 27.8 Å². The number of aromatic nitrogens is 3. The molecular formula is C16H11BrCl2N4O2. The molecule has 0 atom stereocenters. The number of methoxy groups -OCH3 is 1. The minimum absolute atomic E-state index is 0.258. The zero-order valence-electron chi connectivity index (χ0n) is 12.8. The van der Waals surface area contributed by atoms with Gasteiger partial charge in [-0.1, -0.05) is 23.2 Å². The zero-order valence-corrected chi connectivity index (χ0v) is 15.9. The minimum Gasteiger partial charge on any atom is -0.496 e. The number of benzene rings is 1. The lowest BCUT2D eigenvalue weighted by Gasteiger charge is -2.12. The fourth-order valence-electron chi connectivity index (χ4n) is 2.13. The highest BCUT2D eigenvalue weighted by molar-refractivity contribution is 9.10. The number of hydrogen-bond donors (Lipinski definition) is 1. The van der Waals surface area contributed by atoms with Gasteiger partial charge in [0.05, 0.1) is 28.9 Å². The number of nitrogens with one attached hydrogen (secondary N) is 1. The number of nitrogens with zero attached hydrogens (tertiary/aromatic N) is 3. The second kappa shape index (κ2) is 7.43. The van der Waals surface area contributed by atoms with Gasteiger partial charge in [0.2, 0.25) is 0 Å². The fraction of sp³-hybridized carbons (Fsp3) is 0.0625. The Kier molecular flexibility index (Phi) is 5.27. The Morgan fingerprint density at radius 2 is 2.00 bits per heavy atom. The number of hydrogen-bond acceptors (Lipinski definition) is 4. The lowest BCUT2D eigenvalue weighted by molar-refractivity contribution is 0.102. The first kappa shape index (κ1) is 17.7. The van der Waals surface area contributed by atoms with E-state index in [1.807, 2.05) is 6.07 Å². The maximum atomic E-state index is 12.6. The molecule has 0 bridgehead atoms. The average Bonchev–Trinajstić information content (AvgIpc) is 3.05. The molecule has 6 nitrogen and oxygen atoms in total. The van der Waals surface area contributed by atoms with E-state index in [-0.39, 0.29) is 10.6 Å². The lowest BCUT2D eigenvalue weighted by atomic mass is 10.2. The quantitative estimate of drug-likeness (QED) is 0.642. The Balaban J connectivity index is 1.92. The number of rotatable bonds is 4. The van der Waals surface area contributed by atoms with Gasteiger partial charge in [-0.25, -0.2) is 4.98 Å². The van der Waals surface area contributed by atoms with Crippen molar-refractivity contribution in [3.63, 3.8) is 0 Å². The molecule has 1 N–H and O–H groups in total. The van der Waals surface area contributed by atoms with Gasteiger partial charge in [-0.15, -0.1) is 0 Å². The van der Waals surface area contributed by atoms with Crippen molar-refractivity contribution < 1.29 is 9.53 Å². The second-order valence-corrected chi connectivity index (χ2v) is 6.61. The van der Waals surface area contributed by atoms with Crippen molar-refractivity contribution >= 4 is 50.9 Å². The molecule has 0 fully saturated rings. The topological polar surface area (TPSA) is 69.0 Å². The number of pyridine rings is 1. The van der Waals surface area contributed by atoms with Crippen molar-refractivity contribution in [2.75, 3.05) is 12.4 Å². The molecule has 0 spiro atoms. The van der Waals surface area contributed by atoms with Crippen molar-refractivity contribution in [1.82, 2.24) is 14.8 Å². The summed E-state index contributed by atoms with van der Waals surface area (Å²) < 4.78 is 7.56. The molecule has 9 heteroatoms. The van der Waals surface area contributed by atoms with Crippen LogP contribution in [0, 0.1) is 0 Å². The van der Waals surface area contributed by atoms with Crippen molar-refractivity contribution in [3.8, 4) is 11.6 Å². The van der Waals surface area contributed by atoms with Gasteiger partial charge >= 0.3 is 0 Å². The summed E-state index contributed by atoms with van der Waals surface area (Å²) >= 11 is 15.3. The summed E-state index contributed by atoms with van der Waals surface area (Å²) in [6.07, 6.45) is 3.20. The smallest absolute Gasteiger partial charge is 0.260 e. The van der Waals surface area contributed by atoms with E-state index in [1.165, 1.54) is 23.9 Å². The third kappa shape index (κ3) is 3.78. The van der Waals surface area contributed by atoms with Gasteiger partial charge < -0.3 is 10.1 Å². The molecule has 0 saturated carbocycles. The Morgan fingerprint density at radius 1 is 1.24 bits per heavy atom. The molecule has 0 radical (unpaired) electrons. The van der Waals surface area contributed by atoms with Gasteiger partial charge in [0, 0.05) is 22.8 Å².